The lowest BCUT2D eigenvalue weighted by Crippen LogP contribution is -2.44. The van der Waals surface area contributed by atoms with E-state index >= 15 is 0 Å². The molecule has 27 heavy (non-hydrogen) atoms. The van der Waals surface area contributed by atoms with Crippen LogP contribution in [0.5, 0.6) is 6.01 Å². The largest absolute Gasteiger partial charge is 0.459 e. The molecule has 11 heteroatoms. The van der Waals surface area contributed by atoms with E-state index in [0.717, 1.165) is 22.6 Å². The fourth-order valence-corrected chi connectivity index (χ4v) is 4.29. The highest BCUT2D eigenvalue weighted by atomic mass is 32.2. The van der Waals surface area contributed by atoms with E-state index < -0.39 is 44.7 Å². The van der Waals surface area contributed by atoms with Gasteiger partial charge in [-0.1, -0.05) is 12.1 Å². The minimum absolute atomic E-state index is 0.143. The van der Waals surface area contributed by atoms with Crippen LogP contribution in [0.2, 0.25) is 0 Å². The quantitative estimate of drug-likeness (QED) is 0.732. The summed E-state index contributed by atoms with van der Waals surface area (Å²) in [5.41, 5.74) is -1.15. The monoisotopic (exact) mass is 405 g/mol. The molecule has 1 aliphatic heterocycles. The van der Waals surface area contributed by atoms with E-state index in [-0.39, 0.29) is 13.1 Å². The first-order valence-electron chi connectivity index (χ1n) is 7.99. The topological polar surface area (TPSA) is 72.4 Å². The number of halogens is 4. The average Bonchev–Trinajstić information content (AvgIpc) is 2.62. The number of piperidine rings is 1. The molecule has 1 fully saturated rings. The molecular formula is C16H15F4N3O3S. The first-order valence-corrected chi connectivity index (χ1v) is 9.43. The van der Waals surface area contributed by atoms with E-state index in [4.69, 9.17) is 4.74 Å². The van der Waals surface area contributed by atoms with Gasteiger partial charge >= 0.3 is 12.2 Å². The molecule has 1 aliphatic rings. The summed E-state index contributed by atoms with van der Waals surface area (Å²) in [4.78, 5) is 6.50. The minimum atomic E-state index is -4.65. The summed E-state index contributed by atoms with van der Waals surface area (Å²) in [7, 11) is -4.09. The molecule has 1 aromatic carbocycles. The highest BCUT2D eigenvalue weighted by molar-refractivity contribution is 7.89. The van der Waals surface area contributed by atoms with Gasteiger partial charge in [0.1, 0.15) is 16.8 Å². The van der Waals surface area contributed by atoms with Gasteiger partial charge in [-0.3, -0.25) is 0 Å². The molecule has 3 rings (SSSR count). The second-order valence-electron chi connectivity index (χ2n) is 5.90. The lowest BCUT2D eigenvalue weighted by molar-refractivity contribution is -0.141. The fourth-order valence-electron chi connectivity index (χ4n) is 2.72. The zero-order chi connectivity index (χ0) is 19.7. The lowest BCUT2D eigenvalue weighted by atomic mass is 10.1. The first-order chi connectivity index (χ1) is 12.7. The Balaban J connectivity index is 1.76. The van der Waals surface area contributed by atoms with Crippen molar-refractivity contribution in [2.75, 3.05) is 13.1 Å². The van der Waals surface area contributed by atoms with Crippen molar-refractivity contribution in [3.8, 4) is 6.01 Å². The Morgan fingerprint density at radius 2 is 1.93 bits per heavy atom. The highest BCUT2D eigenvalue weighted by Crippen LogP contribution is 2.29. The minimum Gasteiger partial charge on any atom is -0.459 e. The average molecular weight is 405 g/mol. The maximum absolute atomic E-state index is 13.9. The van der Waals surface area contributed by atoms with Crippen molar-refractivity contribution in [3.63, 3.8) is 0 Å². The molecule has 0 N–H and O–H groups in total. The summed E-state index contributed by atoms with van der Waals surface area (Å²) in [5.74, 6) is -0.873. The van der Waals surface area contributed by atoms with Gasteiger partial charge in [0.25, 0.3) is 0 Å². The third-order valence-electron chi connectivity index (χ3n) is 3.99. The number of hydrogen-bond acceptors (Lipinski definition) is 5. The third-order valence-corrected chi connectivity index (χ3v) is 5.89. The van der Waals surface area contributed by atoms with Crippen LogP contribution in [0.25, 0.3) is 0 Å². The van der Waals surface area contributed by atoms with E-state index in [1.807, 2.05) is 0 Å². The van der Waals surface area contributed by atoms with E-state index in [0.29, 0.717) is 18.9 Å². The van der Waals surface area contributed by atoms with Crippen molar-refractivity contribution in [2.24, 2.45) is 0 Å². The number of nitrogens with zero attached hydrogens (tertiary/aromatic N) is 3. The molecule has 1 saturated heterocycles. The van der Waals surface area contributed by atoms with Crippen molar-refractivity contribution >= 4 is 10.0 Å². The molecule has 0 radical (unpaired) electrons. The predicted molar refractivity (Wildman–Crippen MR) is 85.8 cm³/mol. The van der Waals surface area contributed by atoms with Crippen LogP contribution in [0.1, 0.15) is 18.5 Å². The second-order valence-corrected chi connectivity index (χ2v) is 7.80. The number of alkyl halides is 3. The summed E-state index contributed by atoms with van der Waals surface area (Å²) in [6.45, 7) is 0.0102. The van der Waals surface area contributed by atoms with Crippen LogP contribution in [0.3, 0.4) is 0 Å². The van der Waals surface area contributed by atoms with Crippen molar-refractivity contribution in [3.05, 3.63) is 48.0 Å². The Morgan fingerprint density at radius 1 is 1.19 bits per heavy atom. The molecule has 0 amide bonds. The molecule has 6 nitrogen and oxygen atoms in total. The molecule has 1 aromatic heterocycles. The van der Waals surface area contributed by atoms with Gasteiger partial charge in [0.2, 0.25) is 10.0 Å². The molecule has 1 unspecified atom stereocenters. The molecule has 0 saturated carbocycles. The van der Waals surface area contributed by atoms with Gasteiger partial charge in [0, 0.05) is 12.7 Å². The lowest BCUT2D eigenvalue weighted by Gasteiger charge is -2.31. The van der Waals surface area contributed by atoms with Crippen LogP contribution in [0.4, 0.5) is 17.6 Å². The summed E-state index contributed by atoms with van der Waals surface area (Å²) < 4.78 is 83.7. The van der Waals surface area contributed by atoms with Crippen molar-refractivity contribution in [2.45, 2.75) is 30.0 Å². The highest BCUT2D eigenvalue weighted by Gasteiger charge is 2.35. The number of hydrogen-bond donors (Lipinski definition) is 0. The van der Waals surface area contributed by atoms with E-state index in [9.17, 15) is 26.0 Å². The van der Waals surface area contributed by atoms with Crippen molar-refractivity contribution in [1.29, 1.82) is 0 Å². The molecule has 2 aromatic rings. The molecule has 1 atom stereocenters. The summed E-state index contributed by atoms with van der Waals surface area (Å²) >= 11 is 0. The van der Waals surface area contributed by atoms with Gasteiger partial charge in [-0.15, -0.1) is 0 Å². The number of benzene rings is 1. The summed E-state index contributed by atoms with van der Waals surface area (Å²) in [6, 6.07) is 5.21. The molecule has 0 spiro atoms. The zero-order valence-electron chi connectivity index (χ0n) is 13.9. The zero-order valence-corrected chi connectivity index (χ0v) is 14.7. The second kappa shape index (κ2) is 7.39. The smallest absolute Gasteiger partial charge is 0.433 e. The molecule has 2 heterocycles. The van der Waals surface area contributed by atoms with Gasteiger partial charge in [-0.25, -0.2) is 17.8 Å². The van der Waals surface area contributed by atoms with Crippen LogP contribution >= 0.6 is 0 Å². The fraction of sp³-hybridized carbons (Fsp3) is 0.375. The predicted octanol–water partition coefficient (Wildman–Crippen LogP) is 2.87. The standard InChI is InChI=1S/C16H15F4N3O3S/c17-12-5-1-2-6-13(12)27(24,25)23-9-3-4-11(10-23)26-15-21-8-7-14(22-15)16(18,19)20/h1-2,5-8,11H,3-4,9-10H2. The van der Waals surface area contributed by atoms with Crippen LogP contribution < -0.4 is 4.74 Å². The van der Waals surface area contributed by atoms with E-state index in [2.05, 4.69) is 9.97 Å². The van der Waals surface area contributed by atoms with E-state index in [1.165, 1.54) is 12.1 Å². The molecule has 146 valence electrons. The number of ether oxygens (including phenoxy) is 1. The number of sulfonamides is 1. The Bertz CT molecular complexity index is 921. The Labute approximate surface area is 152 Å². The SMILES string of the molecule is O=S(=O)(c1ccccc1F)N1CCCC(Oc2nccc(C(F)(F)F)n2)C1. The number of aromatic nitrogens is 2. The van der Waals surface area contributed by atoms with Gasteiger partial charge in [-0.2, -0.15) is 22.5 Å². The summed E-state index contributed by atoms with van der Waals surface area (Å²) in [6.07, 6.45) is -3.67. The van der Waals surface area contributed by atoms with E-state index in [1.54, 1.807) is 0 Å². The Kier molecular flexibility index (Phi) is 5.33. The molecule has 0 bridgehead atoms. The van der Waals surface area contributed by atoms with Crippen molar-refractivity contribution in [1.82, 2.24) is 14.3 Å². The normalized spacial score (nSPS) is 19.0. The van der Waals surface area contributed by atoms with Gasteiger partial charge in [0.15, 0.2) is 5.69 Å². The van der Waals surface area contributed by atoms with Crippen LogP contribution in [0, 0.1) is 5.82 Å². The van der Waals surface area contributed by atoms with Gasteiger partial charge in [-0.05, 0) is 31.0 Å². The molecular weight excluding hydrogens is 390 g/mol. The maximum Gasteiger partial charge on any atom is 0.433 e. The van der Waals surface area contributed by atoms with Crippen LogP contribution in [0.15, 0.2) is 41.4 Å². The van der Waals surface area contributed by atoms with Crippen molar-refractivity contribution < 1.29 is 30.7 Å². The van der Waals surface area contributed by atoms with Crippen LogP contribution in [-0.4, -0.2) is 41.9 Å². The summed E-state index contributed by atoms with van der Waals surface area (Å²) in [5, 5.41) is 0. The third kappa shape index (κ3) is 4.35. The Hall–Kier alpha value is -2.27. The van der Waals surface area contributed by atoms with Gasteiger partial charge < -0.3 is 4.74 Å². The Morgan fingerprint density at radius 3 is 2.63 bits per heavy atom. The first kappa shape index (κ1) is 19.5. The van der Waals surface area contributed by atoms with Crippen LogP contribution in [-0.2, 0) is 16.2 Å². The molecule has 0 aliphatic carbocycles. The maximum atomic E-state index is 13.9. The van der Waals surface area contributed by atoms with Gasteiger partial charge in [0.05, 0.1) is 6.54 Å². The number of rotatable bonds is 4.